The summed E-state index contributed by atoms with van der Waals surface area (Å²) in [4.78, 5) is 14.6. The number of rotatable bonds is 4. The first-order valence-corrected chi connectivity index (χ1v) is 9.27. The van der Waals surface area contributed by atoms with E-state index >= 15 is 0 Å². The van der Waals surface area contributed by atoms with Crippen molar-refractivity contribution in [2.75, 3.05) is 0 Å². The molecular formula is C19H12F6N6O3. The SMILES string of the molecule is Cc1onc(-c2ncc(C(F)(F)F)cn2)c1C(O)c1c(-c2ncc(C(F)(F)F)cn2)noc1C. The molecule has 0 radical (unpaired) electrons. The van der Waals surface area contributed by atoms with Gasteiger partial charge < -0.3 is 14.2 Å². The highest BCUT2D eigenvalue weighted by Gasteiger charge is 2.35. The Hall–Kier alpha value is -3.88. The number of aliphatic hydroxyl groups excluding tert-OH is 1. The van der Waals surface area contributed by atoms with Crippen LogP contribution in [0.5, 0.6) is 0 Å². The van der Waals surface area contributed by atoms with Crippen LogP contribution in [-0.4, -0.2) is 35.4 Å². The van der Waals surface area contributed by atoms with Gasteiger partial charge in [-0.25, -0.2) is 19.9 Å². The molecule has 0 atom stereocenters. The summed E-state index contributed by atoms with van der Waals surface area (Å²) in [6.45, 7) is 2.85. The lowest BCUT2D eigenvalue weighted by Crippen LogP contribution is -2.09. The fraction of sp³-hybridized carbons (Fsp3) is 0.263. The molecular weight excluding hydrogens is 474 g/mol. The van der Waals surface area contributed by atoms with Gasteiger partial charge in [-0.2, -0.15) is 26.3 Å². The molecule has 0 aliphatic rings. The third kappa shape index (κ3) is 4.21. The van der Waals surface area contributed by atoms with Gasteiger partial charge in [-0.05, 0) is 13.8 Å². The van der Waals surface area contributed by atoms with Gasteiger partial charge in [-0.3, -0.25) is 0 Å². The molecule has 0 saturated carbocycles. The van der Waals surface area contributed by atoms with Gasteiger partial charge in [0.15, 0.2) is 23.0 Å². The smallest absolute Gasteiger partial charge is 0.383 e. The van der Waals surface area contributed by atoms with Crippen molar-refractivity contribution in [1.82, 2.24) is 30.2 Å². The first-order chi connectivity index (χ1) is 15.9. The monoisotopic (exact) mass is 486 g/mol. The van der Waals surface area contributed by atoms with Crippen LogP contribution in [-0.2, 0) is 12.4 Å². The van der Waals surface area contributed by atoms with Gasteiger partial charge in [-0.15, -0.1) is 0 Å². The lowest BCUT2D eigenvalue weighted by Gasteiger charge is -2.12. The molecule has 0 aliphatic heterocycles. The van der Waals surface area contributed by atoms with Crippen molar-refractivity contribution in [3.63, 3.8) is 0 Å². The van der Waals surface area contributed by atoms with Gasteiger partial charge in [-0.1, -0.05) is 10.3 Å². The fourth-order valence-electron chi connectivity index (χ4n) is 3.06. The van der Waals surface area contributed by atoms with Crippen molar-refractivity contribution >= 4 is 0 Å². The van der Waals surface area contributed by atoms with E-state index in [-0.39, 0.29) is 45.7 Å². The largest absolute Gasteiger partial charge is 0.419 e. The van der Waals surface area contributed by atoms with Crippen LogP contribution in [0.1, 0.15) is 39.9 Å². The van der Waals surface area contributed by atoms with E-state index in [0.29, 0.717) is 24.8 Å². The third-order valence-corrected chi connectivity index (χ3v) is 4.75. The zero-order chi connectivity index (χ0) is 24.8. The van der Waals surface area contributed by atoms with Crippen LogP contribution in [0, 0.1) is 13.8 Å². The van der Waals surface area contributed by atoms with Crippen molar-refractivity contribution in [1.29, 1.82) is 0 Å². The molecule has 0 aromatic carbocycles. The molecule has 4 heterocycles. The van der Waals surface area contributed by atoms with Crippen LogP contribution < -0.4 is 0 Å². The van der Waals surface area contributed by atoms with E-state index in [0.717, 1.165) is 0 Å². The Morgan fingerprint density at radius 3 is 1.29 bits per heavy atom. The summed E-state index contributed by atoms with van der Waals surface area (Å²) >= 11 is 0. The molecule has 9 nitrogen and oxygen atoms in total. The summed E-state index contributed by atoms with van der Waals surface area (Å²) in [5, 5.41) is 18.6. The summed E-state index contributed by atoms with van der Waals surface area (Å²) in [5.41, 5.74) is -2.51. The van der Waals surface area contributed by atoms with Gasteiger partial charge in [0.2, 0.25) is 0 Å². The number of aryl methyl sites for hydroxylation is 2. The minimum atomic E-state index is -4.66. The predicted octanol–water partition coefficient (Wildman–Crippen LogP) is 4.31. The van der Waals surface area contributed by atoms with E-state index in [4.69, 9.17) is 9.05 Å². The van der Waals surface area contributed by atoms with Gasteiger partial charge in [0.05, 0.1) is 22.3 Å². The van der Waals surface area contributed by atoms with Crippen molar-refractivity contribution < 1.29 is 40.5 Å². The molecule has 178 valence electrons. The second-order valence-electron chi connectivity index (χ2n) is 6.99. The van der Waals surface area contributed by atoms with Crippen LogP contribution in [0.15, 0.2) is 33.8 Å². The van der Waals surface area contributed by atoms with E-state index < -0.39 is 29.6 Å². The number of hydrogen-bond acceptors (Lipinski definition) is 9. The number of nitrogens with zero attached hydrogens (tertiary/aromatic N) is 6. The lowest BCUT2D eigenvalue weighted by atomic mass is 9.97. The number of alkyl halides is 6. The first kappa shape index (κ1) is 23.3. The highest BCUT2D eigenvalue weighted by Crippen LogP contribution is 2.38. The summed E-state index contributed by atoms with van der Waals surface area (Å²) < 4.78 is 87.1. The van der Waals surface area contributed by atoms with Gasteiger partial charge >= 0.3 is 12.4 Å². The van der Waals surface area contributed by atoms with Crippen LogP contribution in [0.2, 0.25) is 0 Å². The quantitative estimate of drug-likeness (QED) is 0.420. The molecule has 15 heteroatoms. The minimum Gasteiger partial charge on any atom is -0.383 e. The van der Waals surface area contributed by atoms with Crippen molar-refractivity contribution in [2.45, 2.75) is 32.3 Å². The van der Waals surface area contributed by atoms with Crippen molar-refractivity contribution in [3.8, 4) is 23.0 Å². The second-order valence-corrected chi connectivity index (χ2v) is 6.99. The van der Waals surface area contributed by atoms with Crippen molar-refractivity contribution in [2.24, 2.45) is 0 Å². The average molecular weight is 486 g/mol. The average Bonchev–Trinajstić information content (AvgIpc) is 3.35. The van der Waals surface area contributed by atoms with Gasteiger partial charge in [0.25, 0.3) is 0 Å². The summed E-state index contributed by atoms with van der Waals surface area (Å²) in [7, 11) is 0. The lowest BCUT2D eigenvalue weighted by molar-refractivity contribution is -0.138. The van der Waals surface area contributed by atoms with Crippen LogP contribution >= 0.6 is 0 Å². The maximum atomic E-state index is 12.8. The third-order valence-electron chi connectivity index (χ3n) is 4.75. The molecule has 1 N–H and O–H groups in total. The van der Waals surface area contributed by atoms with Crippen LogP contribution in [0.25, 0.3) is 23.0 Å². The molecule has 34 heavy (non-hydrogen) atoms. The highest BCUT2D eigenvalue weighted by atomic mass is 19.4. The first-order valence-electron chi connectivity index (χ1n) is 9.27. The molecule has 4 aromatic rings. The number of aromatic nitrogens is 6. The Bertz CT molecular complexity index is 1210. The van der Waals surface area contributed by atoms with E-state index in [1.54, 1.807) is 0 Å². The van der Waals surface area contributed by atoms with E-state index in [2.05, 4.69) is 30.2 Å². The van der Waals surface area contributed by atoms with E-state index in [1.807, 2.05) is 0 Å². The topological polar surface area (TPSA) is 124 Å². The Morgan fingerprint density at radius 1 is 0.676 bits per heavy atom. The minimum absolute atomic E-state index is 0.0146. The standard InChI is InChI=1S/C19H12F6N6O3/c1-7-11(13(30-33-7)16-26-3-9(4-27-16)18(20,21)22)15(32)12-8(2)34-31-14(12)17-28-5-10(6-29-17)19(23,24)25/h3-6,15,32H,1-2H3. The van der Waals surface area contributed by atoms with Gasteiger partial charge in [0, 0.05) is 24.8 Å². The Labute approximate surface area is 185 Å². The molecule has 0 fully saturated rings. The molecule has 0 amide bonds. The van der Waals surface area contributed by atoms with Crippen LogP contribution in [0.3, 0.4) is 0 Å². The van der Waals surface area contributed by atoms with Crippen molar-refractivity contribution in [3.05, 3.63) is 58.6 Å². The molecule has 0 bridgehead atoms. The molecule has 0 aliphatic carbocycles. The molecule has 0 spiro atoms. The summed E-state index contributed by atoms with van der Waals surface area (Å²) in [6.07, 6.45) is -8.71. The maximum absolute atomic E-state index is 12.8. The Morgan fingerprint density at radius 2 is 1.00 bits per heavy atom. The predicted molar refractivity (Wildman–Crippen MR) is 98.6 cm³/mol. The maximum Gasteiger partial charge on any atom is 0.419 e. The number of halogens is 6. The summed E-state index contributed by atoms with van der Waals surface area (Å²) in [5.74, 6) is -0.377. The van der Waals surface area contributed by atoms with E-state index in [1.165, 1.54) is 13.8 Å². The highest BCUT2D eigenvalue weighted by molar-refractivity contribution is 5.62. The number of hydrogen-bond donors (Lipinski definition) is 1. The molecule has 4 aromatic heterocycles. The summed E-state index contributed by atoms with van der Waals surface area (Å²) in [6, 6.07) is 0. The van der Waals surface area contributed by atoms with Crippen LogP contribution in [0.4, 0.5) is 26.3 Å². The zero-order valence-corrected chi connectivity index (χ0v) is 17.1. The van der Waals surface area contributed by atoms with Gasteiger partial charge in [0.1, 0.15) is 17.6 Å². The molecule has 0 unspecified atom stereocenters. The molecule has 0 saturated heterocycles. The Balaban J connectivity index is 1.75. The molecule has 4 rings (SSSR count). The van der Waals surface area contributed by atoms with E-state index in [9.17, 15) is 31.4 Å². The normalized spacial score (nSPS) is 12.5. The Kier molecular flexibility index (Phi) is 5.59. The fourth-order valence-corrected chi connectivity index (χ4v) is 3.06. The second kappa shape index (κ2) is 8.16. The number of aliphatic hydroxyl groups is 1. The zero-order valence-electron chi connectivity index (χ0n) is 17.1.